The second-order valence-electron chi connectivity index (χ2n) is 6.78. The lowest BCUT2D eigenvalue weighted by Gasteiger charge is -2.21. The first kappa shape index (κ1) is 21.7. The summed E-state index contributed by atoms with van der Waals surface area (Å²) in [6.07, 6.45) is 1.03. The molecule has 1 aromatic carbocycles. The number of halogens is 1. The van der Waals surface area contributed by atoms with Crippen LogP contribution in [0.5, 0.6) is 11.5 Å². The minimum atomic E-state index is -0.292. The van der Waals surface area contributed by atoms with E-state index in [9.17, 15) is 4.79 Å². The summed E-state index contributed by atoms with van der Waals surface area (Å²) in [6, 6.07) is 3.75. The van der Waals surface area contributed by atoms with Crippen LogP contribution >= 0.6 is 15.9 Å². The quantitative estimate of drug-likeness (QED) is 0.511. The Morgan fingerprint density at radius 2 is 1.96 bits per heavy atom. The molecule has 0 atom stereocenters. The summed E-state index contributed by atoms with van der Waals surface area (Å²) in [7, 11) is 3.53. The Labute approximate surface area is 159 Å². The van der Waals surface area contributed by atoms with Gasteiger partial charge in [0.25, 0.3) is 5.91 Å². The number of amides is 1. The number of ether oxygens (including phenoxy) is 2. The van der Waals surface area contributed by atoms with Crippen LogP contribution in [-0.2, 0) is 11.3 Å². The second-order valence-corrected chi connectivity index (χ2v) is 7.63. The van der Waals surface area contributed by atoms with Crippen LogP contribution in [0.4, 0.5) is 0 Å². The lowest BCUT2D eigenvalue weighted by atomic mass is 10.1. The Morgan fingerprint density at radius 1 is 1.24 bits per heavy atom. The van der Waals surface area contributed by atoms with Crippen molar-refractivity contribution in [1.82, 2.24) is 16.0 Å². The van der Waals surface area contributed by atoms with Gasteiger partial charge in [-0.3, -0.25) is 4.79 Å². The summed E-state index contributed by atoms with van der Waals surface area (Å²) in [5.41, 5.74) is 0.645. The van der Waals surface area contributed by atoms with Crippen molar-refractivity contribution in [2.24, 2.45) is 0 Å². The Balaban J connectivity index is 2.80. The van der Waals surface area contributed by atoms with E-state index >= 15 is 0 Å². The number of hydrogen-bond donors (Lipinski definition) is 3. The molecule has 3 N–H and O–H groups in total. The molecular weight excluding hydrogens is 386 g/mol. The largest absolute Gasteiger partial charge is 0.493 e. The molecule has 0 bridgehead atoms. The zero-order valence-corrected chi connectivity index (χ0v) is 17.4. The van der Waals surface area contributed by atoms with Gasteiger partial charge in [-0.1, -0.05) is 15.9 Å². The fourth-order valence-electron chi connectivity index (χ4n) is 2.26. The van der Waals surface area contributed by atoms with Gasteiger partial charge in [-0.25, -0.2) is 0 Å². The summed E-state index contributed by atoms with van der Waals surface area (Å²) < 4.78 is 12.1. The van der Waals surface area contributed by atoms with Crippen LogP contribution in [-0.4, -0.2) is 45.3 Å². The predicted molar refractivity (Wildman–Crippen MR) is 104 cm³/mol. The van der Waals surface area contributed by atoms with Crippen LogP contribution in [0.25, 0.3) is 0 Å². The van der Waals surface area contributed by atoms with Gasteiger partial charge in [-0.15, -0.1) is 0 Å². The van der Waals surface area contributed by atoms with Gasteiger partial charge < -0.3 is 25.4 Å². The van der Waals surface area contributed by atoms with Crippen molar-refractivity contribution in [2.75, 3.05) is 33.9 Å². The average Bonchev–Trinajstić information content (AvgIpc) is 2.52. The van der Waals surface area contributed by atoms with Gasteiger partial charge in [0.1, 0.15) is 0 Å². The Hall–Kier alpha value is -1.31. The summed E-state index contributed by atoms with van der Waals surface area (Å²) in [6.45, 7) is 8.22. The topological polar surface area (TPSA) is 71.6 Å². The molecule has 25 heavy (non-hydrogen) atoms. The van der Waals surface area contributed by atoms with Crippen molar-refractivity contribution < 1.29 is 14.3 Å². The number of carbonyl (C=O) groups is 1. The highest BCUT2D eigenvalue weighted by Crippen LogP contribution is 2.36. The van der Waals surface area contributed by atoms with Gasteiger partial charge >= 0.3 is 0 Å². The van der Waals surface area contributed by atoms with E-state index in [0.29, 0.717) is 18.0 Å². The van der Waals surface area contributed by atoms with E-state index in [1.165, 1.54) is 0 Å². The third kappa shape index (κ3) is 8.07. The molecule has 6 nitrogen and oxygen atoms in total. The smallest absolute Gasteiger partial charge is 0.258 e. The molecular formula is C18H30BrN3O3. The predicted octanol–water partition coefficient (Wildman–Crippen LogP) is 2.45. The highest BCUT2D eigenvalue weighted by molar-refractivity contribution is 9.10. The molecule has 0 aliphatic heterocycles. The Morgan fingerprint density at radius 3 is 2.56 bits per heavy atom. The maximum Gasteiger partial charge on any atom is 0.258 e. The standard InChI is InChI=1S/C18H30BrN3O3/c1-18(2,3)22-16(23)12-25-17-13(11-21-10-6-9-20-4)14(19)7-8-15(17)24-5/h7-8,20-21H,6,9-12H2,1-5H3,(H,22,23). The van der Waals surface area contributed by atoms with E-state index in [1.807, 2.05) is 40.0 Å². The van der Waals surface area contributed by atoms with Crippen LogP contribution in [0, 0.1) is 0 Å². The number of hydrogen-bond acceptors (Lipinski definition) is 5. The maximum absolute atomic E-state index is 12.0. The number of benzene rings is 1. The average molecular weight is 416 g/mol. The van der Waals surface area contributed by atoms with Crippen molar-refractivity contribution in [1.29, 1.82) is 0 Å². The molecule has 0 aromatic heterocycles. The van der Waals surface area contributed by atoms with E-state index < -0.39 is 0 Å². The molecule has 1 amide bonds. The molecule has 0 heterocycles. The van der Waals surface area contributed by atoms with Crippen molar-refractivity contribution >= 4 is 21.8 Å². The van der Waals surface area contributed by atoms with E-state index in [2.05, 4.69) is 31.9 Å². The van der Waals surface area contributed by atoms with Crippen LogP contribution < -0.4 is 25.4 Å². The number of methoxy groups -OCH3 is 1. The number of rotatable bonds is 10. The number of nitrogens with one attached hydrogen (secondary N) is 3. The third-order valence-electron chi connectivity index (χ3n) is 3.33. The molecule has 0 radical (unpaired) electrons. The summed E-state index contributed by atoms with van der Waals surface area (Å²) in [4.78, 5) is 12.0. The second kappa shape index (κ2) is 10.6. The molecule has 142 valence electrons. The summed E-state index contributed by atoms with van der Waals surface area (Å²) >= 11 is 3.56. The van der Waals surface area contributed by atoms with E-state index in [-0.39, 0.29) is 18.1 Å². The van der Waals surface area contributed by atoms with Gasteiger partial charge in [0.15, 0.2) is 18.1 Å². The molecule has 0 saturated heterocycles. The fourth-order valence-corrected chi connectivity index (χ4v) is 2.71. The number of carbonyl (C=O) groups excluding carboxylic acids is 1. The van der Waals surface area contributed by atoms with Crippen LogP contribution in [0.1, 0.15) is 32.8 Å². The molecule has 0 aliphatic carbocycles. The van der Waals surface area contributed by atoms with E-state index in [4.69, 9.17) is 9.47 Å². The highest BCUT2D eigenvalue weighted by atomic mass is 79.9. The minimum absolute atomic E-state index is 0.0587. The molecule has 0 spiro atoms. The molecule has 7 heteroatoms. The lowest BCUT2D eigenvalue weighted by molar-refractivity contribution is -0.124. The molecule has 1 rings (SSSR count). The Kier molecular flexibility index (Phi) is 9.24. The van der Waals surface area contributed by atoms with E-state index in [0.717, 1.165) is 29.5 Å². The van der Waals surface area contributed by atoms with Crippen molar-refractivity contribution in [2.45, 2.75) is 39.3 Å². The zero-order valence-electron chi connectivity index (χ0n) is 15.8. The molecule has 0 aliphatic rings. The van der Waals surface area contributed by atoms with Crippen LogP contribution in [0.3, 0.4) is 0 Å². The van der Waals surface area contributed by atoms with Crippen LogP contribution in [0.2, 0.25) is 0 Å². The van der Waals surface area contributed by atoms with Crippen molar-refractivity contribution in [3.05, 3.63) is 22.2 Å². The first-order valence-electron chi connectivity index (χ1n) is 8.43. The highest BCUT2D eigenvalue weighted by Gasteiger charge is 2.18. The molecule has 0 unspecified atom stereocenters. The molecule has 1 aromatic rings. The minimum Gasteiger partial charge on any atom is -0.493 e. The van der Waals surface area contributed by atoms with Gasteiger partial charge in [-0.05, 0) is 59.5 Å². The SMILES string of the molecule is CNCCCNCc1c(Br)ccc(OC)c1OCC(=O)NC(C)(C)C. The normalized spacial score (nSPS) is 11.3. The first-order chi connectivity index (χ1) is 11.8. The Bertz CT molecular complexity index is 559. The molecule has 0 fully saturated rings. The zero-order chi connectivity index (χ0) is 18.9. The van der Waals surface area contributed by atoms with Gasteiger partial charge in [0, 0.05) is 22.1 Å². The molecule has 0 saturated carbocycles. The monoisotopic (exact) mass is 415 g/mol. The van der Waals surface area contributed by atoms with E-state index in [1.54, 1.807) is 7.11 Å². The summed E-state index contributed by atoms with van der Waals surface area (Å²) in [5, 5.41) is 9.40. The van der Waals surface area contributed by atoms with Crippen molar-refractivity contribution in [3.63, 3.8) is 0 Å². The first-order valence-corrected chi connectivity index (χ1v) is 9.22. The lowest BCUT2D eigenvalue weighted by Crippen LogP contribution is -2.43. The maximum atomic E-state index is 12.0. The van der Waals surface area contributed by atoms with Crippen LogP contribution in [0.15, 0.2) is 16.6 Å². The van der Waals surface area contributed by atoms with Gasteiger partial charge in [-0.2, -0.15) is 0 Å². The fraction of sp³-hybridized carbons (Fsp3) is 0.611. The van der Waals surface area contributed by atoms with Crippen molar-refractivity contribution in [3.8, 4) is 11.5 Å². The van der Waals surface area contributed by atoms with Gasteiger partial charge in [0.2, 0.25) is 0 Å². The summed E-state index contributed by atoms with van der Waals surface area (Å²) in [5.74, 6) is 1.03. The third-order valence-corrected chi connectivity index (χ3v) is 4.07. The van der Waals surface area contributed by atoms with Gasteiger partial charge in [0.05, 0.1) is 7.11 Å².